The van der Waals surface area contributed by atoms with Crippen LogP contribution in [0.15, 0.2) is 24.3 Å². The second kappa shape index (κ2) is 4.78. The molecule has 5 atom stereocenters. The van der Waals surface area contributed by atoms with Crippen LogP contribution in [0.4, 0.5) is 0 Å². The number of carbonyl (C=O) groups excluding carboxylic acids is 1. The number of nitrogens with zero attached hydrogens (tertiary/aromatic N) is 1. The number of benzene rings is 1. The van der Waals surface area contributed by atoms with Crippen molar-refractivity contribution in [2.75, 3.05) is 19.6 Å². The number of carbonyl (C=O) groups is 1. The van der Waals surface area contributed by atoms with Crippen LogP contribution in [0.2, 0.25) is 5.02 Å². The Kier molecular flexibility index (Phi) is 2.93. The molecule has 4 aliphatic heterocycles. The number of fused-ring (bicyclic) bond motifs is 2. The molecular formula is C17H17ClN2OS. The van der Waals surface area contributed by atoms with Crippen LogP contribution in [0.1, 0.15) is 16.1 Å². The van der Waals surface area contributed by atoms with Gasteiger partial charge < -0.3 is 5.32 Å². The van der Waals surface area contributed by atoms with Gasteiger partial charge in [0.15, 0.2) is 5.78 Å². The minimum absolute atomic E-state index is 0.0179. The summed E-state index contributed by atoms with van der Waals surface area (Å²) in [6.45, 7) is 3.23. The molecule has 2 aromatic rings. The van der Waals surface area contributed by atoms with Gasteiger partial charge in [-0.05, 0) is 48.9 Å². The Hall–Kier alpha value is -0.940. The van der Waals surface area contributed by atoms with E-state index < -0.39 is 0 Å². The van der Waals surface area contributed by atoms with Gasteiger partial charge >= 0.3 is 0 Å². The predicted octanol–water partition coefficient (Wildman–Crippen LogP) is 3.03. The summed E-state index contributed by atoms with van der Waals surface area (Å²) in [7, 11) is 0. The highest BCUT2D eigenvalue weighted by Gasteiger charge is 2.53. The average molecular weight is 333 g/mol. The van der Waals surface area contributed by atoms with Crippen molar-refractivity contribution >= 4 is 38.8 Å². The van der Waals surface area contributed by atoms with Gasteiger partial charge in [-0.1, -0.05) is 23.7 Å². The molecule has 5 heterocycles. The van der Waals surface area contributed by atoms with Crippen molar-refractivity contribution in [2.24, 2.45) is 11.8 Å². The van der Waals surface area contributed by atoms with Crippen molar-refractivity contribution in [1.29, 1.82) is 0 Å². The van der Waals surface area contributed by atoms with E-state index in [-0.39, 0.29) is 11.8 Å². The lowest BCUT2D eigenvalue weighted by molar-refractivity contribution is 0.0168. The summed E-state index contributed by atoms with van der Waals surface area (Å²) in [6, 6.07) is 8.26. The molecule has 0 spiro atoms. The van der Waals surface area contributed by atoms with Crippen LogP contribution in [-0.2, 0) is 0 Å². The van der Waals surface area contributed by atoms with Crippen molar-refractivity contribution in [3.05, 3.63) is 34.2 Å². The third-order valence-electron chi connectivity index (χ3n) is 5.64. The van der Waals surface area contributed by atoms with E-state index in [0.717, 1.165) is 45.5 Å². The average Bonchev–Trinajstić information content (AvgIpc) is 3.11. The van der Waals surface area contributed by atoms with E-state index in [1.165, 1.54) is 6.42 Å². The molecule has 1 aromatic heterocycles. The van der Waals surface area contributed by atoms with Crippen molar-refractivity contribution < 1.29 is 4.79 Å². The fourth-order valence-corrected chi connectivity index (χ4v) is 5.99. The molecule has 22 heavy (non-hydrogen) atoms. The maximum atomic E-state index is 13.1. The van der Waals surface area contributed by atoms with Crippen LogP contribution < -0.4 is 5.32 Å². The SMILES string of the molecule is O=C(c1cc2cccc(Cl)c2s1)C1C2NCC3CN1CCC32. The van der Waals surface area contributed by atoms with E-state index in [0.29, 0.717) is 12.0 Å². The lowest BCUT2D eigenvalue weighted by atomic mass is 9.74. The molecule has 5 heteroatoms. The summed E-state index contributed by atoms with van der Waals surface area (Å²) in [5.74, 6) is 1.72. The Morgan fingerprint density at radius 3 is 3.18 bits per heavy atom. The lowest BCUT2D eigenvalue weighted by Crippen LogP contribution is -2.62. The number of piperidine rings is 3. The molecule has 5 unspecified atom stereocenters. The van der Waals surface area contributed by atoms with Crippen LogP contribution >= 0.6 is 22.9 Å². The van der Waals surface area contributed by atoms with E-state index in [1.54, 1.807) is 11.3 Å². The van der Waals surface area contributed by atoms with Crippen LogP contribution in [0.3, 0.4) is 0 Å². The standard InChI is InChI=1S/C17H17ClN2OS/c18-12-3-1-2-9-6-13(22-17(9)12)16(21)15-14-11-4-5-20(15)8-10(11)7-19-14/h1-3,6,10-11,14-15,19H,4-5,7-8H2. The Labute approximate surface area is 138 Å². The van der Waals surface area contributed by atoms with E-state index in [9.17, 15) is 4.79 Å². The highest BCUT2D eigenvalue weighted by molar-refractivity contribution is 7.21. The number of thiophene rings is 1. The van der Waals surface area contributed by atoms with Gasteiger partial charge in [0.25, 0.3) is 0 Å². The number of hydrogen-bond acceptors (Lipinski definition) is 4. The topological polar surface area (TPSA) is 32.3 Å². The molecule has 4 bridgehead atoms. The molecule has 4 saturated heterocycles. The zero-order chi connectivity index (χ0) is 14.8. The summed E-state index contributed by atoms with van der Waals surface area (Å²) in [4.78, 5) is 16.4. The summed E-state index contributed by atoms with van der Waals surface area (Å²) in [5.41, 5.74) is 0. The van der Waals surface area contributed by atoms with Gasteiger partial charge in [-0.15, -0.1) is 11.3 Å². The normalized spacial score (nSPS) is 36.1. The molecule has 1 aromatic carbocycles. The Morgan fingerprint density at radius 2 is 2.32 bits per heavy atom. The quantitative estimate of drug-likeness (QED) is 0.858. The zero-order valence-electron chi connectivity index (χ0n) is 12.1. The number of nitrogens with one attached hydrogen (secondary N) is 1. The molecular weight excluding hydrogens is 316 g/mol. The highest BCUT2D eigenvalue weighted by atomic mass is 35.5. The van der Waals surface area contributed by atoms with Gasteiger partial charge in [0.2, 0.25) is 0 Å². The van der Waals surface area contributed by atoms with Gasteiger partial charge in [0.05, 0.1) is 20.6 Å². The molecule has 0 saturated carbocycles. The second-order valence-electron chi connectivity index (χ2n) is 6.72. The lowest BCUT2D eigenvalue weighted by Gasteiger charge is -2.48. The van der Waals surface area contributed by atoms with Crippen molar-refractivity contribution in [3.63, 3.8) is 0 Å². The second-order valence-corrected chi connectivity index (χ2v) is 8.18. The molecule has 0 aliphatic carbocycles. The maximum Gasteiger partial charge on any atom is 0.191 e. The molecule has 6 rings (SSSR count). The summed E-state index contributed by atoms with van der Waals surface area (Å²) < 4.78 is 1.03. The third-order valence-corrected chi connectivity index (χ3v) is 7.27. The molecule has 0 amide bonds. The highest BCUT2D eigenvalue weighted by Crippen LogP contribution is 2.42. The fraction of sp³-hybridized carbons (Fsp3) is 0.471. The first kappa shape index (κ1) is 13.5. The van der Waals surface area contributed by atoms with E-state index >= 15 is 0 Å². The summed E-state index contributed by atoms with van der Waals surface area (Å²) >= 11 is 7.81. The maximum absolute atomic E-state index is 13.1. The first-order valence-corrected chi connectivity index (χ1v) is 9.11. The van der Waals surface area contributed by atoms with Gasteiger partial charge in [-0.3, -0.25) is 9.69 Å². The van der Waals surface area contributed by atoms with Crippen LogP contribution in [-0.4, -0.2) is 42.4 Å². The number of halogens is 1. The van der Waals surface area contributed by atoms with E-state index in [4.69, 9.17) is 11.6 Å². The number of rotatable bonds is 2. The number of hydrogen-bond donors (Lipinski definition) is 1. The Bertz CT molecular complexity index is 773. The molecule has 4 fully saturated rings. The predicted molar refractivity (Wildman–Crippen MR) is 89.9 cm³/mol. The van der Waals surface area contributed by atoms with Gasteiger partial charge in [-0.25, -0.2) is 0 Å². The minimum Gasteiger partial charge on any atom is -0.311 e. The summed E-state index contributed by atoms with van der Waals surface area (Å²) in [5, 5.41) is 5.43. The zero-order valence-corrected chi connectivity index (χ0v) is 13.7. The van der Waals surface area contributed by atoms with Gasteiger partial charge in [0.1, 0.15) is 0 Å². The Morgan fingerprint density at radius 1 is 1.41 bits per heavy atom. The van der Waals surface area contributed by atoms with Crippen LogP contribution in [0.25, 0.3) is 10.1 Å². The molecule has 1 N–H and O–H groups in total. The fourth-order valence-electron chi connectivity index (χ4n) is 4.66. The molecule has 0 radical (unpaired) electrons. The van der Waals surface area contributed by atoms with Crippen molar-refractivity contribution in [1.82, 2.24) is 10.2 Å². The molecule has 3 nitrogen and oxygen atoms in total. The minimum atomic E-state index is 0.0179. The van der Waals surface area contributed by atoms with Crippen LogP contribution in [0.5, 0.6) is 0 Å². The molecule has 4 aliphatic rings. The van der Waals surface area contributed by atoms with Gasteiger partial charge in [-0.2, -0.15) is 0 Å². The number of Topliss-reactive ketones (excluding diaryl/α,β-unsaturated/α-hetero) is 1. The first-order chi connectivity index (χ1) is 10.7. The van der Waals surface area contributed by atoms with Crippen molar-refractivity contribution in [3.8, 4) is 0 Å². The Balaban J connectivity index is 1.54. The van der Waals surface area contributed by atoms with E-state index in [1.807, 2.05) is 24.3 Å². The van der Waals surface area contributed by atoms with Gasteiger partial charge in [0, 0.05) is 12.6 Å². The van der Waals surface area contributed by atoms with Crippen molar-refractivity contribution in [2.45, 2.75) is 18.5 Å². The number of ketones is 1. The smallest absolute Gasteiger partial charge is 0.191 e. The van der Waals surface area contributed by atoms with Crippen LogP contribution in [0, 0.1) is 11.8 Å². The largest absolute Gasteiger partial charge is 0.311 e. The summed E-state index contributed by atoms with van der Waals surface area (Å²) in [6.07, 6.45) is 1.24. The first-order valence-electron chi connectivity index (χ1n) is 7.92. The monoisotopic (exact) mass is 332 g/mol. The molecule has 114 valence electrons. The third kappa shape index (κ3) is 1.78. The van der Waals surface area contributed by atoms with E-state index in [2.05, 4.69) is 10.2 Å².